The number of furan rings is 1. The quantitative estimate of drug-likeness (QED) is 0.816. The summed E-state index contributed by atoms with van der Waals surface area (Å²) >= 11 is 0. The second-order valence-corrected chi connectivity index (χ2v) is 5.77. The zero-order valence-electron chi connectivity index (χ0n) is 9.60. The van der Waals surface area contributed by atoms with Crippen molar-refractivity contribution in [3.63, 3.8) is 0 Å². The number of carbonyl (C=O) groups is 1. The van der Waals surface area contributed by atoms with Gasteiger partial charge in [-0.05, 0) is 13.0 Å². The van der Waals surface area contributed by atoms with Gasteiger partial charge in [-0.2, -0.15) is 0 Å². The summed E-state index contributed by atoms with van der Waals surface area (Å²) in [5.41, 5.74) is 0.374. The molecule has 0 amide bonds. The van der Waals surface area contributed by atoms with Crippen LogP contribution in [0.3, 0.4) is 0 Å². The molecular formula is C10H14O6S. The summed E-state index contributed by atoms with van der Waals surface area (Å²) in [4.78, 5) is 10.6. The number of carboxylic acids is 1. The largest absolute Gasteiger partial charge is 0.475 e. The smallest absolute Gasteiger partial charge is 0.371 e. The van der Waals surface area contributed by atoms with Crippen molar-refractivity contribution in [1.82, 2.24) is 0 Å². The van der Waals surface area contributed by atoms with E-state index in [0.29, 0.717) is 11.3 Å². The molecule has 0 saturated heterocycles. The number of sulfone groups is 1. The lowest BCUT2D eigenvalue weighted by Gasteiger charge is -2.02. The van der Waals surface area contributed by atoms with Crippen molar-refractivity contribution >= 4 is 15.8 Å². The number of methoxy groups -OCH3 is 1. The molecule has 0 spiro atoms. The van der Waals surface area contributed by atoms with Gasteiger partial charge in [-0.3, -0.25) is 0 Å². The second kappa shape index (κ2) is 5.33. The molecule has 0 radical (unpaired) electrons. The molecule has 17 heavy (non-hydrogen) atoms. The van der Waals surface area contributed by atoms with E-state index in [1.54, 1.807) is 0 Å². The van der Waals surface area contributed by atoms with Gasteiger partial charge in [0.25, 0.3) is 0 Å². The van der Waals surface area contributed by atoms with E-state index in [4.69, 9.17) is 14.3 Å². The lowest BCUT2D eigenvalue weighted by molar-refractivity contribution is 0.0661. The summed E-state index contributed by atoms with van der Waals surface area (Å²) < 4.78 is 32.9. The molecule has 1 N–H and O–H groups in total. The average Bonchev–Trinajstić information content (AvgIpc) is 2.57. The zero-order valence-corrected chi connectivity index (χ0v) is 10.4. The molecule has 0 fully saturated rings. The Balaban J connectivity index is 2.84. The van der Waals surface area contributed by atoms with E-state index < -0.39 is 15.8 Å². The summed E-state index contributed by atoms with van der Waals surface area (Å²) in [6.07, 6.45) is 0. The molecule has 1 heterocycles. The lowest BCUT2D eigenvalue weighted by atomic mass is 10.3. The molecule has 6 nitrogen and oxygen atoms in total. The fraction of sp³-hybridized carbons (Fsp3) is 0.500. The van der Waals surface area contributed by atoms with Crippen LogP contribution in [0.25, 0.3) is 0 Å². The maximum atomic E-state index is 11.6. The third-order valence-corrected chi connectivity index (χ3v) is 3.74. The maximum Gasteiger partial charge on any atom is 0.371 e. The fourth-order valence-electron chi connectivity index (χ4n) is 1.29. The number of hydrogen-bond acceptors (Lipinski definition) is 5. The van der Waals surface area contributed by atoms with Gasteiger partial charge in [-0.25, -0.2) is 13.2 Å². The Kier molecular flexibility index (Phi) is 4.30. The number of rotatable bonds is 6. The van der Waals surface area contributed by atoms with Crippen molar-refractivity contribution in [2.45, 2.75) is 12.7 Å². The monoisotopic (exact) mass is 262 g/mol. The minimum Gasteiger partial charge on any atom is -0.475 e. The number of ether oxygens (including phenoxy) is 1. The average molecular weight is 262 g/mol. The number of aromatic carboxylic acids is 1. The van der Waals surface area contributed by atoms with Gasteiger partial charge < -0.3 is 14.3 Å². The first-order valence-corrected chi connectivity index (χ1v) is 6.70. The van der Waals surface area contributed by atoms with Crippen molar-refractivity contribution in [3.05, 3.63) is 23.2 Å². The standard InChI is InChI=1S/C10H14O6S/c1-7-8(5-9(16-7)10(11)12)6-17(13,14)4-3-15-2/h5H,3-4,6H2,1-2H3,(H,11,12). The summed E-state index contributed by atoms with van der Waals surface area (Å²) in [6.45, 7) is 1.65. The van der Waals surface area contributed by atoms with Gasteiger partial charge in [0.15, 0.2) is 9.84 Å². The highest BCUT2D eigenvalue weighted by atomic mass is 32.2. The van der Waals surface area contributed by atoms with E-state index in [1.807, 2.05) is 0 Å². The Hall–Kier alpha value is -1.34. The predicted molar refractivity (Wildman–Crippen MR) is 59.8 cm³/mol. The maximum absolute atomic E-state index is 11.6. The minimum absolute atomic E-state index is 0.101. The van der Waals surface area contributed by atoms with Crippen molar-refractivity contribution < 1.29 is 27.5 Å². The van der Waals surface area contributed by atoms with E-state index in [1.165, 1.54) is 20.1 Å². The molecule has 96 valence electrons. The summed E-state index contributed by atoms with van der Waals surface area (Å²) in [5.74, 6) is -1.49. The molecule has 1 aromatic heterocycles. The van der Waals surface area contributed by atoms with Crippen LogP contribution in [0.15, 0.2) is 10.5 Å². The molecule has 1 rings (SSSR count). The highest BCUT2D eigenvalue weighted by molar-refractivity contribution is 7.90. The minimum atomic E-state index is -3.31. The third-order valence-electron chi connectivity index (χ3n) is 2.21. The van der Waals surface area contributed by atoms with Crippen LogP contribution in [0.5, 0.6) is 0 Å². The summed E-state index contributed by atoms with van der Waals surface area (Å²) in [7, 11) is -1.89. The van der Waals surface area contributed by atoms with Crippen molar-refractivity contribution in [2.24, 2.45) is 0 Å². The highest BCUT2D eigenvalue weighted by Crippen LogP contribution is 2.17. The van der Waals surface area contributed by atoms with Crippen molar-refractivity contribution in [1.29, 1.82) is 0 Å². The van der Waals surface area contributed by atoms with Gasteiger partial charge in [0.1, 0.15) is 5.76 Å². The van der Waals surface area contributed by atoms with Crippen LogP contribution in [0.2, 0.25) is 0 Å². The van der Waals surface area contributed by atoms with E-state index >= 15 is 0 Å². The van der Waals surface area contributed by atoms with Gasteiger partial charge in [0, 0.05) is 12.7 Å². The van der Waals surface area contributed by atoms with Crippen LogP contribution in [-0.2, 0) is 20.3 Å². The number of hydrogen-bond donors (Lipinski definition) is 1. The Morgan fingerprint density at radius 2 is 2.18 bits per heavy atom. The van der Waals surface area contributed by atoms with Crippen molar-refractivity contribution in [2.75, 3.05) is 19.5 Å². The van der Waals surface area contributed by atoms with Gasteiger partial charge in [0.2, 0.25) is 5.76 Å². The molecule has 0 aliphatic heterocycles. The Morgan fingerprint density at radius 3 is 2.65 bits per heavy atom. The first-order chi connectivity index (χ1) is 7.85. The molecule has 7 heteroatoms. The molecule has 0 bridgehead atoms. The highest BCUT2D eigenvalue weighted by Gasteiger charge is 2.18. The first kappa shape index (κ1) is 13.7. The first-order valence-electron chi connectivity index (χ1n) is 4.87. The lowest BCUT2D eigenvalue weighted by Crippen LogP contribution is -2.13. The number of carboxylic acid groups (broad SMARTS) is 1. The molecule has 1 aromatic rings. The third kappa shape index (κ3) is 3.86. The van der Waals surface area contributed by atoms with Crippen LogP contribution in [-0.4, -0.2) is 39.0 Å². The molecule has 0 unspecified atom stereocenters. The van der Waals surface area contributed by atoms with E-state index in [0.717, 1.165) is 0 Å². The topological polar surface area (TPSA) is 93.8 Å². The summed E-state index contributed by atoms with van der Waals surface area (Å²) in [6, 6.07) is 1.24. The fourth-order valence-corrected chi connectivity index (χ4v) is 2.61. The zero-order chi connectivity index (χ0) is 13.1. The number of aryl methyl sites for hydroxylation is 1. The van der Waals surface area contributed by atoms with Crippen LogP contribution in [0, 0.1) is 6.92 Å². The predicted octanol–water partition coefficient (Wildman–Crippen LogP) is 0.847. The van der Waals surface area contributed by atoms with Crippen molar-refractivity contribution in [3.8, 4) is 0 Å². The molecule has 0 aliphatic rings. The molecule has 0 aliphatic carbocycles. The van der Waals surface area contributed by atoms with E-state index in [-0.39, 0.29) is 23.9 Å². The SMILES string of the molecule is COCCS(=O)(=O)Cc1cc(C(=O)O)oc1C. The summed E-state index contributed by atoms with van der Waals surface area (Å²) in [5, 5.41) is 8.70. The van der Waals surface area contributed by atoms with Crippen LogP contribution in [0.4, 0.5) is 0 Å². The molecule has 0 aromatic carbocycles. The normalized spacial score (nSPS) is 11.6. The van der Waals surface area contributed by atoms with Crippen LogP contribution >= 0.6 is 0 Å². The Morgan fingerprint density at radius 1 is 1.53 bits per heavy atom. The molecule has 0 atom stereocenters. The Labute approximate surface area is 99.1 Å². The van der Waals surface area contributed by atoms with E-state index in [2.05, 4.69) is 0 Å². The van der Waals surface area contributed by atoms with Crippen LogP contribution in [0.1, 0.15) is 21.9 Å². The second-order valence-electron chi connectivity index (χ2n) is 3.58. The van der Waals surface area contributed by atoms with Gasteiger partial charge in [-0.1, -0.05) is 0 Å². The molecular weight excluding hydrogens is 248 g/mol. The van der Waals surface area contributed by atoms with Gasteiger partial charge in [0.05, 0.1) is 18.1 Å². The van der Waals surface area contributed by atoms with E-state index in [9.17, 15) is 13.2 Å². The molecule has 0 saturated carbocycles. The van der Waals surface area contributed by atoms with Crippen LogP contribution < -0.4 is 0 Å². The van der Waals surface area contributed by atoms with Gasteiger partial charge >= 0.3 is 5.97 Å². The Bertz CT molecular complexity index is 499. The van der Waals surface area contributed by atoms with Gasteiger partial charge in [-0.15, -0.1) is 0 Å².